The van der Waals surface area contributed by atoms with Gasteiger partial charge in [-0.2, -0.15) is 13.2 Å². The lowest BCUT2D eigenvalue weighted by molar-refractivity contribution is -0.141. The summed E-state index contributed by atoms with van der Waals surface area (Å²) in [5, 5.41) is 1.69. The van der Waals surface area contributed by atoms with Gasteiger partial charge in [0, 0.05) is 19.5 Å². The standard InChI is InChI=1S/C10H18F3N3O2/c1-7(14)3-4-9(18)16(2)5-8(17)15-6-10(11,12)13/h7H,3-6,14H2,1-2H3,(H,15,17). The molecule has 1 unspecified atom stereocenters. The van der Waals surface area contributed by atoms with Crippen LogP contribution in [0.15, 0.2) is 0 Å². The summed E-state index contributed by atoms with van der Waals surface area (Å²) in [7, 11) is 1.36. The van der Waals surface area contributed by atoms with Crippen LogP contribution in [0.25, 0.3) is 0 Å². The number of carbonyl (C=O) groups excluding carboxylic acids is 2. The largest absolute Gasteiger partial charge is 0.405 e. The van der Waals surface area contributed by atoms with Gasteiger partial charge in [-0.1, -0.05) is 0 Å². The second kappa shape index (κ2) is 7.20. The van der Waals surface area contributed by atoms with Crippen LogP contribution >= 0.6 is 0 Å². The third-order valence-electron chi connectivity index (χ3n) is 2.11. The van der Waals surface area contributed by atoms with E-state index in [1.165, 1.54) is 7.05 Å². The number of alkyl halides is 3. The van der Waals surface area contributed by atoms with E-state index in [-0.39, 0.29) is 18.4 Å². The van der Waals surface area contributed by atoms with E-state index in [0.29, 0.717) is 6.42 Å². The van der Waals surface area contributed by atoms with Crippen molar-refractivity contribution in [3.63, 3.8) is 0 Å². The molecule has 0 bridgehead atoms. The summed E-state index contributed by atoms with van der Waals surface area (Å²) < 4.78 is 35.4. The van der Waals surface area contributed by atoms with Crippen LogP contribution in [0.1, 0.15) is 19.8 Å². The molecule has 0 saturated heterocycles. The van der Waals surface area contributed by atoms with Gasteiger partial charge in [0.25, 0.3) is 0 Å². The van der Waals surface area contributed by atoms with Crippen LogP contribution in [0, 0.1) is 0 Å². The third kappa shape index (κ3) is 8.80. The van der Waals surface area contributed by atoms with Crippen molar-refractivity contribution in [1.29, 1.82) is 0 Å². The maximum atomic E-state index is 11.8. The Labute approximate surface area is 103 Å². The Morgan fingerprint density at radius 2 is 1.94 bits per heavy atom. The highest BCUT2D eigenvalue weighted by Crippen LogP contribution is 2.12. The average Bonchev–Trinajstić information content (AvgIpc) is 2.21. The van der Waals surface area contributed by atoms with Crippen molar-refractivity contribution in [3.05, 3.63) is 0 Å². The normalized spacial score (nSPS) is 13.0. The molecule has 0 aliphatic carbocycles. The van der Waals surface area contributed by atoms with Crippen LogP contribution in [0.2, 0.25) is 0 Å². The van der Waals surface area contributed by atoms with E-state index >= 15 is 0 Å². The molecule has 0 aromatic carbocycles. The Morgan fingerprint density at radius 3 is 2.39 bits per heavy atom. The quantitative estimate of drug-likeness (QED) is 0.726. The van der Waals surface area contributed by atoms with Crippen molar-refractivity contribution in [2.75, 3.05) is 20.1 Å². The van der Waals surface area contributed by atoms with E-state index in [2.05, 4.69) is 0 Å². The SMILES string of the molecule is CC(N)CCC(=O)N(C)CC(=O)NCC(F)(F)F. The van der Waals surface area contributed by atoms with E-state index in [1.807, 2.05) is 0 Å². The lowest BCUT2D eigenvalue weighted by atomic mass is 10.2. The fourth-order valence-corrected chi connectivity index (χ4v) is 1.10. The minimum absolute atomic E-state index is 0.138. The van der Waals surface area contributed by atoms with Crippen molar-refractivity contribution in [1.82, 2.24) is 10.2 Å². The number of carbonyl (C=O) groups is 2. The Kier molecular flexibility index (Phi) is 6.67. The molecule has 0 fully saturated rings. The minimum Gasteiger partial charge on any atom is -0.345 e. The number of amides is 2. The number of rotatable bonds is 6. The second-order valence-electron chi connectivity index (χ2n) is 4.16. The van der Waals surface area contributed by atoms with E-state index in [9.17, 15) is 22.8 Å². The molecule has 0 aliphatic rings. The van der Waals surface area contributed by atoms with Gasteiger partial charge in [-0.25, -0.2) is 0 Å². The smallest absolute Gasteiger partial charge is 0.345 e. The third-order valence-corrected chi connectivity index (χ3v) is 2.11. The first-order valence-electron chi connectivity index (χ1n) is 5.45. The summed E-state index contributed by atoms with van der Waals surface area (Å²) in [5.41, 5.74) is 5.46. The molecule has 0 aromatic rings. The topological polar surface area (TPSA) is 75.4 Å². The molecule has 106 valence electrons. The molecule has 0 aliphatic heterocycles. The zero-order valence-electron chi connectivity index (χ0n) is 10.4. The molecule has 3 N–H and O–H groups in total. The van der Waals surface area contributed by atoms with Crippen molar-refractivity contribution in [3.8, 4) is 0 Å². The molecule has 5 nitrogen and oxygen atoms in total. The van der Waals surface area contributed by atoms with Crippen molar-refractivity contribution in [2.24, 2.45) is 5.73 Å². The first-order chi connectivity index (χ1) is 8.11. The van der Waals surface area contributed by atoms with Gasteiger partial charge in [-0.05, 0) is 13.3 Å². The number of halogens is 3. The summed E-state index contributed by atoms with van der Waals surface area (Å²) in [5.74, 6) is -1.17. The Hall–Kier alpha value is -1.31. The predicted octanol–water partition coefficient (Wildman–Crippen LogP) is 0.251. The predicted molar refractivity (Wildman–Crippen MR) is 59.6 cm³/mol. The number of nitrogens with two attached hydrogens (primary N) is 1. The number of nitrogens with one attached hydrogen (secondary N) is 1. The molecule has 8 heteroatoms. The van der Waals surface area contributed by atoms with E-state index in [1.54, 1.807) is 12.2 Å². The Balaban J connectivity index is 3.96. The summed E-state index contributed by atoms with van der Waals surface area (Å²) in [6.45, 7) is -0.0507. The van der Waals surface area contributed by atoms with E-state index < -0.39 is 25.2 Å². The summed E-state index contributed by atoms with van der Waals surface area (Å²) in [6, 6.07) is -0.138. The second-order valence-corrected chi connectivity index (χ2v) is 4.16. The van der Waals surface area contributed by atoms with Crippen LogP contribution < -0.4 is 11.1 Å². The monoisotopic (exact) mass is 269 g/mol. The fraction of sp³-hybridized carbons (Fsp3) is 0.800. The average molecular weight is 269 g/mol. The summed E-state index contributed by atoms with van der Waals surface area (Å²) in [6.07, 6.45) is -3.82. The van der Waals surface area contributed by atoms with Gasteiger partial charge in [-0.15, -0.1) is 0 Å². The van der Waals surface area contributed by atoms with E-state index in [0.717, 1.165) is 4.90 Å². The highest BCUT2D eigenvalue weighted by molar-refractivity contribution is 5.84. The van der Waals surface area contributed by atoms with Gasteiger partial charge in [0.15, 0.2) is 0 Å². The van der Waals surface area contributed by atoms with Crippen molar-refractivity contribution in [2.45, 2.75) is 32.0 Å². The molecule has 0 saturated carbocycles. The number of hydrogen-bond acceptors (Lipinski definition) is 3. The van der Waals surface area contributed by atoms with Gasteiger partial charge < -0.3 is 16.0 Å². The van der Waals surface area contributed by atoms with Crippen LogP contribution in [0.4, 0.5) is 13.2 Å². The van der Waals surface area contributed by atoms with Crippen LogP contribution in [0.3, 0.4) is 0 Å². The van der Waals surface area contributed by atoms with Gasteiger partial charge >= 0.3 is 6.18 Å². The molecular weight excluding hydrogens is 251 g/mol. The maximum Gasteiger partial charge on any atom is 0.405 e. The van der Waals surface area contributed by atoms with Crippen LogP contribution in [0.5, 0.6) is 0 Å². The highest BCUT2D eigenvalue weighted by Gasteiger charge is 2.28. The molecule has 2 amide bonds. The van der Waals surface area contributed by atoms with Crippen molar-refractivity contribution < 1.29 is 22.8 Å². The highest BCUT2D eigenvalue weighted by atomic mass is 19.4. The Bertz CT molecular complexity index is 293. The maximum absolute atomic E-state index is 11.8. The van der Waals surface area contributed by atoms with Gasteiger partial charge in [0.1, 0.15) is 6.54 Å². The molecular formula is C10H18F3N3O2. The van der Waals surface area contributed by atoms with Gasteiger partial charge in [-0.3, -0.25) is 9.59 Å². The molecule has 0 heterocycles. The fourth-order valence-electron chi connectivity index (χ4n) is 1.10. The minimum atomic E-state index is -4.45. The van der Waals surface area contributed by atoms with Crippen molar-refractivity contribution >= 4 is 11.8 Å². The molecule has 1 atom stereocenters. The molecule has 0 radical (unpaired) electrons. The van der Waals surface area contributed by atoms with Crippen LogP contribution in [-0.4, -0.2) is 49.1 Å². The first kappa shape index (κ1) is 16.7. The number of likely N-dealkylation sites (N-methyl/N-ethyl adjacent to an activating group) is 1. The van der Waals surface area contributed by atoms with Gasteiger partial charge in [0.05, 0.1) is 6.54 Å². The lowest BCUT2D eigenvalue weighted by Gasteiger charge is -2.17. The van der Waals surface area contributed by atoms with E-state index in [4.69, 9.17) is 5.73 Å². The van der Waals surface area contributed by atoms with Crippen LogP contribution in [-0.2, 0) is 9.59 Å². The summed E-state index contributed by atoms with van der Waals surface area (Å²) in [4.78, 5) is 23.6. The zero-order valence-corrected chi connectivity index (χ0v) is 10.4. The Morgan fingerprint density at radius 1 is 1.39 bits per heavy atom. The number of nitrogens with zero attached hydrogens (tertiary/aromatic N) is 1. The molecule has 0 aromatic heterocycles. The lowest BCUT2D eigenvalue weighted by Crippen LogP contribution is -2.41. The summed E-state index contributed by atoms with van der Waals surface area (Å²) >= 11 is 0. The van der Waals surface area contributed by atoms with Gasteiger partial charge in [0.2, 0.25) is 11.8 Å². The molecule has 0 rings (SSSR count). The first-order valence-corrected chi connectivity index (χ1v) is 5.45. The molecule has 18 heavy (non-hydrogen) atoms. The molecule has 0 spiro atoms. The zero-order chi connectivity index (χ0) is 14.3. The number of hydrogen-bond donors (Lipinski definition) is 2.